The van der Waals surface area contributed by atoms with Crippen LogP contribution in [0, 0.1) is 12.8 Å². The molecule has 9 nitrogen and oxygen atoms in total. The lowest BCUT2D eigenvalue weighted by molar-refractivity contribution is 0.122. The number of hydrogen-bond acceptors (Lipinski definition) is 7. The molecule has 0 fully saturated rings. The molecule has 4 rings (SSSR count). The number of aryl methyl sites for hydroxylation is 1. The fourth-order valence-electron chi connectivity index (χ4n) is 4.62. The van der Waals surface area contributed by atoms with Gasteiger partial charge in [-0.05, 0) is 71.0 Å². The molecule has 2 heterocycles. The number of aromatic amines is 1. The van der Waals surface area contributed by atoms with Crippen molar-refractivity contribution in [1.29, 1.82) is 0 Å². The fourth-order valence-corrected chi connectivity index (χ4v) is 4.62. The molecule has 4 aromatic rings. The van der Waals surface area contributed by atoms with Gasteiger partial charge in [0.25, 0.3) is 5.56 Å². The molecule has 1 atom stereocenters. The molecule has 1 unspecified atom stereocenters. The summed E-state index contributed by atoms with van der Waals surface area (Å²) in [5.74, 6) is 1.68. The molecule has 0 bridgehead atoms. The maximum atomic E-state index is 13.0. The molecule has 36 heavy (non-hydrogen) atoms. The maximum Gasteiger partial charge on any atom is 0.252 e. The second-order valence-corrected chi connectivity index (χ2v) is 9.49. The van der Waals surface area contributed by atoms with Gasteiger partial charge in [0.15, 0.2) is 5.82 Å². The summed E-state index contributed by atoms with van der Waals surface area (Å²) >= 11 is 0. The largest absolute Gasteiger partial charge is 0.497 e. The molecule has 0 aliphatic rings. The van der Waals surface area contributed by atoms with Crippen molar-refractivity contribution in [2.75, 3.05) is 20.3 Å². The number of hydrogen-bond donors (Lipinski definition) is 2. The standard InChI is InChI=1S/C27H34N6O3/c1-18(2)25(26-29-30-31-33(26)16-20-7-9-23(36-4)10-8-20)32(12-5-13-34)17-22-15-21-14-19(3)6-11-24(21)28-27(22)35/h6-11,14-15,18,25,34H,5,12-13,16-17H2,1-4H3,(H,28,35). The first kappa shape index (κ1) is 25.5. The van der Waals surface area contributed by atoms with Crippen LogP contribution in [0.3, 0.4) is 0 Å². The highest BCUT2D eigenvalue weighted by molar-refractivity contribution is 5.79. The molecule has 0 saturated heterocycles. The van der Waals surface area contributed by atoms with Gasteiger partial charge in [-0.3, -0.25) is 9.69 Å². The summed E-state index contributed by atoms with van der Waals surface area (Å²) in [6.45, 7) is 7.87. The van der Waals surface area contributed by atoms with Crippen LogP contribution in [0.15, 0.2) is 53.3 Å². The highest BCUT2D eigenvalue weighted by Crippen LogP contribution is 2.29. The van der Waals surface area contributed by atoms with Gasteiger partial charge < -0.3 is 14.8 Å². The number of tetrazole rings is 1. The molecular formula is C27H34N6O3. The van der Waals surface area contributed by atoms with E-state index in [2.05, 4.69) is 45.3 Å². The quantitative estimate of drug-likeness (QED) is 0.331. The number of nitrogens with zero attached hydrogens (tertiary/aromatic N) is 5. The van der Waals surface area contributed by atoms with Crippen LogP contribution in [0.4, 0.5) is 0 Å². The second-order valence-electron chi connectivity index (χ2n) is 9.49. The van der Waals surface area contributed by atoms with E-state index in [1.807, 2.05) is 54.1 Å². The van der Waals surface area contributed by atoms with Gasteiger partial charge in [-0.2, -0.15) is 0 Å². The molecule has 0 aliphatic heterocycles. The molecular weight excluding hydrogens is 456 g/mol. The number of aromatic nitrogens is 5. The third-order valence-corrected chi connectivity index (χ3v) is 6.39. The third kappa shape index (κ3) is 5.80. The van der Waals surface area contributed by atoms with Crippen molar-refractivity contribution in [3.05, 3.63) is 81.4 Å². The van der Waals surface area contributed by atoms with E-state index in [0.29, 0.717) is 31.6 Å². The third-order valence-electron chi connectivity index (χ3n) is 6.39. The molecule has 9 heteroatoms. The van der Waals surface area contributed by atoms with Crippen molar-refractivity contribution < 1.29 is 9.84 Å². The Kier molecular flexibility index (Phi) is 8.12. The van der Waals surface area contributed by atoms with Gasteiger partial charge in [0.1, 0.15) is 5.75 Å². The molecule has 0 saturated carbocycles. The van der Waals surface area contributed by atoms with Crippen LogP contribution in [0.1, 0.15) is 48.8 Å². The number of aliphatic hydroxyl groups is 1. The minimum absolute atomic E-state index is 0.0609. The normalized spacial score (nSPS) is 12.5. The molecule has 2 aromatic heterocycles. The number of rotatable bonds is 11. The van der Waals surface area contributed by atoms with Crippen molar-refractivity contribution >= 4 is 10.9 Å². The van der Waals surface area contributed by atoms with Gasteiger partial charge in [-0.15, -0.1) is 5.10 Å². The van der Waals surface area contributed by atoms with Crippen molar-refractivity contribution in [3.8, 4) is 5.75 Å². The van der Waals surface area contributed by atoms with E-state index in [-0.39, 0.29) is 24.1 Å². The first-order valence-electron chi connectivity index (χ1n) is 12.3. The Morgan fingerprint density at radius 3 is 2.61 bits per heavy atom. The zero-order valence-electron chi connectivity index (χ0n) is 21.3. The summed E-state index contributed by atoms with van der Waals surface area (Å²) in [7, 11) is 1.64. The summed E-state index contributed by atoms with van der Waals surface area (Å²) in [4.78, 5) is 18.2. The first-order chi connectivity index (χ1) is 17.4. The van der Waals surface area contributed by atoms with Gasteiger partial charge in [0.05, 0.1) is 19.7 Å². The Morgan fingerprint density at radius 2 is 1.92 bits per heavy atom. The lowest BCUT2D eigenvalue weighted by Gasteiger charge is -2.33. The Morgan fingerprint density at radius 1 is 1.14 bits per heavy atom. The van der Waals surface area contributed by atoms with Gasteiger partial charge in [-0.25, -0.2) is 4.68 Å². The zero-order chi connectivity index (χ0) is 25.7. The van der Waals surface area contributed by atoms with Gasteiger partial charge in [0, 0.05) is 30.8 Å². The number of H-pyrrole nitrogens is 1. The highest BCUT2D eigenvalue weighted by Gasteiger charge is 2.29. The van der Waals surface area contributed by atoms with E-state index >= 15 is 0 Å². The number of ether oxygens (including phenoxy) is 1. The Bertz CT molecular complexity index is 1350. The smallest absolute Gasteiger partial charge is 0.252 e. The number of nitrogens with one attached hydrogen (secondary N) is 1. The lowest BCUT2D eigenvalue weighted by Crippen LogP contribution is -2.36. The molecule has 0 radical (unpaired) electrons. The first-order valence-corrected chi connectivity index (χ1v) is 12.3. The molecule has 0 spiro atoms. The van der Waals surface area contributed by atoms with Gasteiger partial charge in [-0.1, -0.05) is 37.6 Å². The summed E-state index contributed by atoms with van der Waals surface area (Å²) in [5, 5.41) is 23.3. The maximum absolute atomic E-state index is 13.0. The average molecular weight is 491 g/mol. The van der Waals surface area contributed by atoms with Gasteiger partial charge >= 0.3 is 0 Å². The molecule has 0 aliphatic carbocycles. The summed E-state index contributed by atoms with van der Waals surface area (Å²) < 4.78 is 7.08. The lowest BCUT2D eigenvalue weighted by atomic mass is 10.00. The summed E-state index contributed by atoms with van der Waals surface area (Å²) in [6, 6.07) is 15.6. The van der Waals surface area contributed by atoms with Crippen molar-refractivity contribution in [3.63, 3.8) is 0 Å². The van der Waals surface area contributed by atoms with E-state index in [1.54, 1.807) is 7.11 Å². The summed E-state index contributed by atoms with van der Waals surface area (Å²) in [6.07, 6.45) is 0.577. The van der Waals surface area contributed by atoms with Crippen LogP contribution in [0.25, 0.3) is 10.9 Å². The predicted molar refractivity (Wildman–Crippen MR) is 139 cm³/mol. The molecule has 2 N–H and O–H groups in total. The minimum atomic E-state index is -0.155. The summed E-state index contributed by atoms with van der Waals surface area (Å²) in [5.41, 5.74) is 3.57. The van der Waals surface area contributed by atoms with Crippen molar-refractivity contribution in [2.24, 2.45) is 5.92 Å². The van der Waals surface area contributed by atoms with E-state index in [1.165, 1.54) is 0 Å². The van der Waals surface area contributed by atoms with Crippen LogP contribution in [-0.4, -0.2) is 55.5 Å². The Labute approximate surface area is 210 Å². The Hall–Kier alpha value is -3.56. The van der Waals surface area contributed by atoms with E-state index < -0.39 is 0 Å². The molecule has 190 valence electrons. The van der Waals surface area contributed by atoms with E-state index in [9.17, 15) is 9.90 Å². The van der Waals surface area contributed by atoms with E-state index in [4.69, 9.17) is 4.74 Å². The zero-order valence-corrected chi connectivity index (χ0v) is 21.3. The predicted octanol–water partition coefficient (Wildman–Crippen LogP) is 3.46. The Balaban J connectivity index is 1.67. The second kappa shape index (κ2) is 11.5. The highest BCUT2D eigenvalue weighted by atomic mass is 16.5. The number of benzene rings is 2. The SMILES string of the molecule is COc1ccc(Cn2nnnc2C(C(C)C)N(CCCO)Cc2cc3cc(C)ccc3[nH]c2=O)cc1. The molecule has 2 aromatic carbocycles. The topological polar surface area (TPSA) is 109 Å². The number of pyridine rings is 1. The van der Waals surface area contributed by atoms with Gasteiger partial charge in [0.2, 0.25) is 0 Å². The van der Waals surface area contributed by atoms with Crippen molar-refractivity contribution in [1.82, 2.24) is 30.1 Å². The number of methoxy groups -OCH3 is 1. The monoisotopic (exact) mass is 490 g/mol. The van der Waals surface area contributed by atoms with Crippen molar-refractivity contribution in [2.45, 2.75) is 46.3 Å². The average Bonchev–Trinajstić information content (AvgIpc) is 3.30. The minimum Gasteiger partial charge on any atom is -0.497 e. The number of aliphatic hydroxyl groups excluding tert-OH is 1. The van der Waals surface area contributed by atoms with Crippen LogP contribution in [0.5, 0.6) is 5.75 Å². The van der Waals surface area contributed by atoms with Crippen LogP contribution >= 0.6 is 0 Å². The molecule has 0 amide bonds. The van der Waals surface area contributed by atoms with Crippen LogP contribution in [-0.2, 0) is 13.1 Å². The van der Waals surface area contributed by atoms with Crippen LogP contribution in [0.2, 0.25) is 0 Å². The van der Waals surface area contributed by atoms with E-state index in [0.717, 1.165) is 33.6 Å². The fraction of sp³-hybridized carbons (Fsp3) is 0.407. The number of fused-ring (bicyclic) bond motifs is 1. The van der Waals surface area contributed by atoms with Crippen LogP contribution < -0.4 is 10.3 Å².